The van der Waals surface area contributed by atoms with Gasteiger partial charge in [0.05, 0.1) is 12.2 Å². The van der Waals surface area contributed by atoms with Crippen molar-refractivity contribution in [1.82, 2.24) is 5.32 Å². The number of hydrogen-bond donors (Lipinski definition) is 2. The molecule has 0 bridgehead atoms. The molecule has 0 aliphatic heterocycles. The second-order valence-corrected chi connectivity index (χ2v) is 10.8. The van der Waals surface area contributed by atoms with Crippen molar-refractivity contribution >= 4 is 39.6 Å². The van der Waals surface area contributed by atoms with E-state index in [1.54, 1.807) is 29.5 Å². The van der Waals surface area contributed by atoms with E-state index in [-0.39, 0.29) is 16.4 Å². The van der Waals surface area contributed by atoms with Gasteiger partial charge in [-0.1, -0.05) is 40.2 Å². The Labute approximate surface area is 200 Å². The van der Waals surface area contributed by atoms with Gasteiger partial charge >= 0.3 is 0 Å². The molecule has 2 aromatic rings. The SMILES string of the molecule is CCCCOc1cccc(C(=O)NC(=S)Nc2sc3c(c2C#N)CCC(C(C)(C)C)C3)c1. The summed E-state index contributed by atoms with van der Waals surface area (Å²) in [7, 11) is 0. The van der Waals surface area contributed by atoms with E-state index in [1.807, 2.05) is 6.07 Å². The minimum atomic E-state index is -0.309. The highest BCUT2D eigenvalue weighted by Crippen LogP contribution is 2.43. The van der Waals surface area contributed by atoms with Gasteiger partial charge in [0.15, 0.2) is 5.11 Å². The maximum atomic E-state index is 12.7. The average Bonchev–Trinajstić information content (AvgIpc) is 3.09. The zero-order chi connectivity index (χ0) is 23.3. The fourth-order valence-electron chi connectivity index (χ4n) is 3.90. The van der Waals surface area contributed by atoms with Crippen LogP contribution in [0.3, 0.4) is 0 Å². The summed E-state index contributed by atoms with van der Waals surface area (Å²) in [5.74, 6) is 0.943. The number of amides is 1. The zero-order valence-electron chi connectivity index (χ0n) is 19.2. The molecule has 0 saturated carbocycles. The van der Waals surface area contributed by atoms with Crippen LogP contribution in [0.25, 0.3) is 0 Å². The molecule has 32 heavy (non-hydrogen) atoms. The van der Waals surface area contributed by atoms with Crippen molar-refractivity contribution in [3.8, 4) is 11.8 Å². The van der Waals surface area contributed by atoms with Gasteiger partial charge in [0.2, 0.25) is 0 Å². The lowest BCUT2D eigenvalue weighted by Gasteiger charge is -2.33. The van der Waals surface area contributed by atoms with E-state index in [0.29, 0.717) is 34.4 Å². The number of carbonyl (C=O) groups is 1. The summed E-state index contributed by atoms with van der Waals surface area (Å²) in [6.07, 6.45) is 4.98. The largest absolute Gasteiger partial charge is 0.494 e. The molecule has 1 aromatic carbocycles. The molecule has 1 aromatic heterocycles. The predicted molar refractivity (Wildman–Crippen MR) is 135 cm³/mol. The highest BCUT2D eigenvalue weighted by Gasteiger charge is 2.32. The molecule has 2 N–H and O–H groups in total. The van der Waals surface area contributed by atoms with Crippen LogP contribution in [0.1, 0.15) is 73.3 Å². The highest BCUT2D eigenvalue weighted by atomic mass is 32.1. The zero-order valence-corrected chi connectivity index (χ0v) is 20.8. The second-order valence-electron chi connectivity index (χ2n) is 9.26. The summed E-state index contributed by atoms with van der Waals surface area (Å²) < 4.78 is 5.68. The molecule has 170 valence electrons. The van der Waals surface area contributed by atoms with Crippen LogP contribution in [-0.2, 0) is 12.8 Å². The number of benzene rings is 1. The van der Waals surface area contributed by atoms with Crippen molar-refractivity contribution in [2.45, 2.75) is 59.8 Å². The Kier molecular flexibility index (Phi) is 7.91. The number of ether oxygens (including phenoxy) is 1. The summed E-state index contributed by atoms with van der Waals surface area (Å²) in [5, 5.41) is 16.5. The van der Waals surface area contributed by atoms with Crippen LogP contribution >= 0.6 is 23.6 Å². The number of rotatable bonds is 6. The van der Waals surface area contributed by atoms with Crippen molar-refractivity contribution in [2.75, 3.05) is 11.9 Å². The van der Waals surface area contributed by atoms with E-state index < -0.39 is 0 Å². The quantitative estimate of drug-likeness (QED) is 0.396. The van der Waals surface area contributed by atoms with Gasteiger partial charge in [-0.2, -0.15) is 5.26 Å². The number of hydrogen-bond acceptors (Lipinski definition) is 5. The van der Waals surface area contributed by atoms with Gasteiger partial charge in [0.25, 0.3) is 5.91 Å². The maximum absolute atomic E-state index is 12.7. The van der Waals surface area contributed by atoms with Crippen molar-refractivity contribution < 1.29 is 9.53 Å². The standard InChI is InChI=1S/C25H31N3O2S2/c1-5-6-12-30-18-9-7-8-16(13-18)22(29)27-24(31)28-23-20(15-26)19-11-10-17(25(2,3)4)14-21(19)32-23/h7-9,13,17H,5-6,10-12,14H2,1-4H3,(H2,27,28,29,31). The minimum Gasteiger partial charge on any atom is -0.494 e. The van der Waals surface area contributed by atoms with Gasteiger partial charge < -0.3 is 10.1 Å². The Morgan fingerprint density at radius 1 is 1.38 bits per heavy atom. The summed E-state index contributed by atoms with van der Waals surface area (Å²) in [4.78, 5) is 13.9. The van der Waals surface area contributed by atoms with E-state index in [2.05, 4.69) is 44.4 Å². The monoisotopic (exact) mass is 469 g/mol. The van der Waals surface area contributed by atoms with Crippen LogP contribution in [0.5, 0.6) is 5.75 Å². The molecule has 1 amide bonds. The first-order chi connectivity index (χ1) is 15.2. The maximum Gasteiger partial charge on any atom is 0.257 e. The van der Waals surface area contributed by atoms with E-state index >= 15 is 0 Å². The predicted octanol–water partition coefficient (Wildman–Crippen LogP) is 6.08. The van der Waals surface area contributed by atoms with Gasteiger partial charge in [-0.05, 0) is 73.0 Å². The fourth-order valence-corrected chi connectivity index (χ4v) is 5.44. The fraction of sp³-hybridized carbons (Fsp3) is 0.480. The second kappa shape index (κ2) is 10.5. The third kappa shape index (κ3) is 5.87. The van der Waals surface area contributed by atoms with Gasteiger partial charge in [-0.3, -0.25) is 10.1 Å². The molecule has 1 aliphatic rings. The molecular weight excluding hydrogens is 438 g/mol. The van der Waals surface area contributed by atoms with Crippen LogP contribution in [-0.4, -0.2) is 17.6 Å². The number of nitriles is 1. The molecule has 1 aliphatic carbocycles. The number of fused-ring (bicyclic) bond motifs is 1. The van der Waals surface area contributed by atoms with Crippen LogP contribution in [0.15, 0.2) is 24.3 Å². The van der Waals surface area contributed by atoms with Crippen LogP contribution in [0.4, 0.5) is 5.00 Å². The highest BCUT2D eigenvalue weighted by molar-refractivity contribution is 7.80. The molecule has 0 fully saturated rings. The molecule has 1 atom stereocenters. The van der Waals surface area contributed by atoms with Crippen molar-refractivity contribution in [1.29, 1.82) is 5.26 Å². The Morgan fingerprint density at radius 2 is 2.16 bits per heavy atom. The first-order valence-electron chi connectivity index (χ1n) is 11.1. The molecule has 3 rings (SSSR count). The normalized spacial score (nSPS) is 15.4. The van der Waals surface area contributed by atoms with Crippen molar-refractivity contribution in [3.63, 3.8) is 0 Å². The first-order valence-corrected chi connectivity index (χ1v) is 12.3. The van der Waals surface area contributed by atoms with Crippen LogP contribution < -0.4 is 15.4 Å². The Bertz CT molecular complexity index is 1030. The van der Waals surface area contributed by atoms with E-state index in [1.165, 1.54) is 4.88 Å². The van der Waals surface area contributed by atoms with E-state index in [0.717, 1.165) is 37.7 Å². The number of anilines is 1. The number of thiophene rings is 1. The molecule has 1 unspecified atom stereocenters. The Morgan fingerprint density at radius 3 is 2.84 bits per heavy atom. The number of nitrogens with zero attached hydrogens (tertiary/aromatic N) is 1. The van der Waals surface area contributed by atoms with Crippen LogP contribution in [0, 0.1) is 22.7 Å². The lowest BCUT2D eigenvalue weighted by atomic mass is 9.72. The van der Waals surface area contributed by atoms with E-state index in [4.69, 9.17) is 17.0 Å². The molecule has 7 heteroatoms. The van der Waals surface area contributed by atoms with Crippen LogP contribution in [0.2, 0.25) is 0 Å². The van der Waals surface area contributed by atoms with Gasteiger partial charge in [0, 0.05) is 10.4 Å². The summed E-state index contributed by atoms with van der Waals surface area (Å²) in [6.45, 7) is 9.54. The Balaban J connectivity index is 1.67. The lowest BCUT2D eigenvalue weighted by Crippen LogP contribution is -2.34. The summed E-state index contributed by atoms with van der Waals surface area (Å²) >= 11 is 6.96. The average molecular weight is 470 g/mol. The molecule has 1 heterocycles. The molecule has 0 saturated heterocycles. The number of unbranched alkanes of at least 4 members (excludes halogenated alkanes) is 1. The minimum absolute atomic E-state index is 0.190. The molecule has 5 nitrogen and oxygen atoms in total. The lowest BCUT2D eigenvalue weighted by molar-refractivity contribution is 0.0977. The van der Waals surface area contributed by atoms with Gasteiger partial charge in [-0.15, -0.1) is 11.3 Å². The Hall–Kier alpha value is -2.43. The first kappa shape index (κ1) is 24.2. The third-order valence-electron chi connectivity index (χ3n) is 5.92. The van der Waals surface area contributed by atoms with Crippen molar-refractivity contribution in [3.05, 3.63) is 45.8 Å². The summed E-state index contributed by atoms with van der Waals surface area (Å²) in [6, 6.07) is 9.40. The van der Waals surface area contributed by atoms with Crippen molar-refractivity contribution in [2.24, 2.45) is 11.3 Å². The van der Waals surface area contributed by atoms with Gasteiger partial charge in [-0.25, -0.2) is 0 Å². The number of thiocarbonyl (C=S) groups is 1. The topological polar surface area (TPSA) is 74.2 Å². The number of carbonyl (C=O) groups excluding carboxylic acids is 1. The third-order valence-corrected chi connectivity index (χ3v) is 7.29. The molecule has 0 radical (unpaired) electrons. The summed E-state index contributed by atoms with van der Waals surface area (Å²) in [5.41, 5.74) is 2.49. The number of nitrogens with one attached hydrogen (secondary N) is 2. The molecular formula is C25H31N3O2S2. The molecule has 0 spiro atoms. The van der Waals surface area contributed by atoms with Gasteiger partial charge in [0.1, 0.15) is 16.8 Å². The smallest absolute Gasteiger partial charge is 0.257 e. The van der Waals surface area contributed by atoms with E-state index in [9.17, 15) is 10.1 Å².